The smallest absolute Gasteiger partial charge is 0.336 e. The maximum atomic E-state index is 11.6. The number of carbonyl (C=O) groups excluding carboxylic acids is 1. The third-order valence-corrected chi connectivity index (χ3v) is 3.03. The van der Waals surface area contributed by atoms with Crippen molar-refractivity contribution in [3.8, 4) is 0 Å². The predicted octanol–water partition coefficient (Wildman–Crippen LogP) is 2.44. The number of esters is 1. The molecule has 1 aliphatic carbocycles. The van der Waals surface area contributed by atoms with E-state index in [0.717, 1.165) is 12.8 Å². The average molecular weight is 226 g/mol. The molecule has 1 fully saturated rings. The van der Waals surface area contributed by atoms with Crippen molar-refractivity contribution < 1.29 is 14.6 Å². The first-order chi connectivity index (χ1) is 7.65. The van der Waals surface area contributed by atoms with Gasteiger partial charge in [-0.2, -0.15) is 0 Å². The van der Waals surface area contributed by atoms with E-state index in [2.05, 4.69) is 0 Å². The summed E-state index contributed by atoms with van der Waals surface area (Å²) in [6, 6.07) is 0. The van der Waals surface area contributed by atoms with E-state index in [1.54, 1.807) is 13.8 Å². The molecule has 0 spiro atoms. The van der Waals surface area contributed by atoms with Crippen LogP contribution in [-0.2, 0) is 9.53 Å². The van der Waals surface area contributed by atoms with Crippen molar-refractivity contribution in [2.75, 3.05) is 6.61 Å². The Morgan fingerprint density at radius 3 is 2.56 bits per heavy atom. The summed E-state index contributed by atoms with van der Waals surface area (Å²) in [5.41, 5.74) is 0.425. The van der Waals surface area contributed by atoms with Crippen LogP contribution in [0.3, 0.4) is 0 Å². The Kier molecular flexibility index (Phi) is 5.53. The Morgan fingerprint density at radius 1 is 1.44 bits per heavy atom. The minimum absolute atomic E-state index is 0.355. The molecule has 0 aromatic carbocycles. The summed E-state index contributed by atoms with van der Waals surface area (Å²) in [5, 5.41) is 9.57. The van der Waals surface area contributed by atoms with Crippen LogP contribution in [0.25, 0.3) is 0 Å². The second-order valence-corrected chi connectivity index (χ2v) is 4.42. The van der Waals surface area contributed by atoms with Crippen molar-refractivity contribution >= 4 is 5.97 Å². The Bertz CT molecular complexity index is 250. The van der Waals surface area contributed by atoms with Crippen LogP contribution in [0, 0.1) is 5.92 Å². The summed E-state index contributed by atoms with van der Waals surface area (Å²) >= 11 is 0. The van der Waals surface area contributed by atoms with Gasteiger partial charge in [0.05, 0.1) is 18.3 Å². The highest BCUT2D eigenvalue weighted by Gasteiger charge is 2.19. The molecule has 3 nitrogen and oxygen atoms in total. The summed E-state index contributed by atoms with van der Waals surface area (Å²) in [6.45, 7) is 3.75. The molecule has 1 aliphatic rings. The molecule has 16 heavy (non-hydrogen) atoms. The van der Waals surface area contributed by atoms with Crippen LogP contribution in [0.1, 0.15) is 46.0 Å². The fourth-order valence-electron chi connectivity index (χ4n) is 2.15. The van der Waals surface area contributed by atoms with Crippen molar-refractivity contribution in [1.82, 2.24) is 0 Å². The first-order valence-corrected chi connectivity index (χ1v) is 6.22. The fourth-order valence-corrected chi connectivity index (χ4v) is 2.15. The van der Waals surface area contributed by atoms with Crippen LogP contribution in [0.4, 0.5) is 0 Å². The first-order valence-electron chi connectivity index (χ1n) is 6.22. The van der Waals surface area contributed by atoms with E-state index < -0.39 is 6.10 Å². The van der Waals surface area contributed by atoms with Crippen LogP contribution >= 0.6 is 0 Å². The lowest BCUT2D eigenvalue weighted by Gasteiger charge is -2.20. The number of aliphatic hydroxyl groups excluding tert-OH is 1. The summed E-state index contributed by atoms with van der Waals surface area (Å²) < 4.78 is 4.94. The highest BCUT2D eigenvalue weighted by molar-refractivity contribution is 5.89. The van der Waals surface area contributed by atoms with E-state index in [4.69, 9.17) is 4.74 Å². The van der Waals surface area contributed by atoms with E-state index >= 15 is 0 Å². The summed E-state index contributed by atoms with van der Waals surface area (Å²) in [7, 11) is 0. The van der Waals surface area contributed by atoms with E-state index in [1.807, 2.05) is 6.08 Å². The molecule has 92 valence electrons. The van der Waals surface area contributed by atoms with Crippen LogP contribution in [0.2, 0.25) is 0 Å². The third kappa shape index (κ3) is 3.97. The highest BCUT2D eigenvalue weighted by Crippen LogP contribution is 2.26. The number of hydrogen-bond donors (Lipinski definition) is 1. The largest absolute Gasteiger partial charge is 0.463 e. The molecular formula is C13H22O3. The van der Waals surface area contributed by atoms with Gasteiger partial charge in [-0.15, -0.1) is 0 Å². The quantitative estimate of drug-likeness (QED) is 0.591. The number of rotatable bonds is 4. The number of ether oxygens (including phenoxy) is 1. The van der Waals surface area contributed by atoms with Gasteiger partial charge in [-0.1, -0.05) is 25.3 Å². The maximum absolute atomic E-state index is 11.6. The molecule has 0 unspecified atom stereocenters. The van der Waals surface area contributed by atoms with Crippen molar-refractivity contribution in [1.29, 1.82) is 0 Å². The number of hydrogen-bond acceptors (Lipinski definition) is 3. The van der Waals surface area contributed by atoms with E-state index in [-0.39, 0.29) is 5.97 Å². The summed E-state index contributed by atoms with van der Waals surface area (Å²) in [4.78, 5) is 11.6. The van der Waals surface area contributed by atoms with Gasteiger partial charge in [0.25, 0.3) is 0 Å². The Labute approximate surface area is 97.5 Å². The Balaban J connectivity index is 2.67. The lowest BCUT2D eigenvalue weighted by atomic mass is 9.87. The molecule has 0 heterocycles. The predicted molar refractivity (Wildman–Crippen MR) is 63.0 cm³/mol. The standard InChI is InChI=1S/C13H22O3/c1-3-16-13(15)12(10(2)14)9-11-7-5-4-6-8-11/h9-11,14H,3-8H2,1-2H3/b12-9-/t10-/m0/s1. The lowest BCUT2D eigenvalue weighted by molar-refractivity contribution is -0.139. The molecule has 1 atom stereocenters. The SMILES string of the molecule is CCOC(=O)/C(=C\C1CCCCC1)[C@H](C)O. The number of aliphatic hydroxyl groups is 1. The van der Waals surface area contributed by atoms with Gasteiger partial charge in [-0.05, 0) is 32.6 Å². The molecule has 0 radical (unpaired) electrons. The highest BCUT2D eigenvalue weighted by atomic mass is 16.5. The van der Waals surface area contributed by atoms with Gasteiger partial charge in [0.1, 0.15) is 0 Å². The van der Waals surface area contributed by atoms with Crippen LogP contribution < -0.4 is 0 Å². The first kappa shape index (κ1) is 13.2. The second-order valence-electron chi connectivity index (χ2n) is 4.42. The van der Waals surface area contributed by atoms with Gasteiger partial charge in [-0.25, -0.2) is 4.79 Å². The van der Waals surface area contributed by atoms with Gasteiger partial charge in [-0.3, -0.25) is 0 Å². The zero-order valence-corrected chi connectivity index (χ0v) is 10.2. The molecule has 0 bridgehead atoms. The number of carbonyl (C=O) groups is 1. The van der Waals surface area contributed by atoms with Crippen molar-refractivity contribution in [3.05, 3.63) is 11.6 Å². The van der Waals surface area contributed by atoms with E-state index in [0.29, 0.717) is 18.1 Å². The van der Waals surface area contributed by atoms with Crippen molar-refractivity contribution in [2.45, 2.75) is 52.1 Å². The van der Waals surface area contributed by atoms with E-state index in [9.17, 15) is 9.90 Å². The molecule has 1 saturated carbocycles. The van der Waals surface area contributed by atoms with Crippen molar-refractivity contribution in [3.63, 3.8) is 0 Å². The summed E-state index contributed by atoms with van der Waals surface area (Å²) in [5.74, 6) is 0.0610. The molecule has 1 N–H and O–H groups in total. The van der Waals surface area contributed by atoms with E-state index in [1.165, 1.54) is 19.3 Å². The fraction of sp³-hybridized carbons (Fsp3) is 0.769. The molecule has 0 aromatic heterocycles. The normalized spacial score (nSPS) is 20.6. The summed E-state index contributed by atoms with van der Waals surface area (Å²) in [6.07, 6.45) is 7.15. The van der Waals surface area contributed by atoms with Gasteiger partial charge in [0.15, 0.2) is 0 Å². The average Bonchev–Trinajstić information content (AvgIpc) is 2.27. The Morgan fingerprint density at radius 2 is 2.06 bits per heavy atom. The zero-order chi connectivity index (χ0) is 12.0. The lowest BCUT2D eigenvalue weighted by Crippen LogP contribution is -2.19. The monoisotopic (exact) mass is 226 g/mol. The minimum atomic E-state index is -0.735. The molecule has 0 aromatic rings. The van der Waals surface area contributed by atoms with Crippen molar-refractivity contribution in [2.24, 2.45) is 5.92 Å². The zero-order valence-electron chi connectivity index (χ0n) is 10.2. The number of allylic oxidation sites excluding steroid dienone is 1. The third-order valence-electron chi connectivity index (χ3n) is 3.03. The minimum Gasteiger partial charge on any atom is -0.463 e. The van der Waals surface area contributed by atoms with Gasteiger partial charge >= 0.3 is 5.97 Å². The van der Waals surface area contributed by atoms with Crippen LogP contribution in [0.5, 0.6) is 0 Å². The molecular weight excluding hydrogens is 204 g/mol. The molecule has 0 saturated heterocycles. The van der Waals surface area contributed by atoms with Gasteiger partial charge in [0, 0.05) is 0 Å². The van der Waals surface area contributed by atoms with Crippen LogP contribution in [0.15, 0.2) is 11.6 Å². The second kappa shape index (κ2) is 6.69. The molecule has 3 heteroatoms. The maximum Gasteiger partial charge on any atom is 0.336 e. The molecule has 0 aliphatic heterocycles. The van der Waals surface area contributed by atoms with Crippen LogP contribution in [-0.4, -0.2) is 23.8 Å². The molecule has 0 amide bonds. The van der Waals surface area contributed by atoms with Gasteiger partial charge < -0.3 is 9.84 Å². The Hall–Kier alpha value is -0.830. The van der Waals surface area contributed by atoms with Gasteiger partial charge in [0.2, 0.25) is 0 Å². The molecule has 1 rings (SSSR count). The topological polar surface area (TPSA) is 46.5 Å².